The van der Waals surface area contributed by atoms with E-state index in [0.717, 1.165) is 25.7 Å². The summed E-state index contributed by atoms with van der Waals surface area (Å²) in [7, 11) is 0.262. The lowest BCUT2D eigenvalue weighted by Gasteiger charge is -2.53. The summed E-state index contributed by atoms with van der Waals surface area (Å²) in [5, 5.41) is 3.64. The molecule has 1 atom stereocenters. The van der Waals surface area contributed by atoms with Gasteiger partial charge in [-0.2, -0.15) is 0 Å². The maximum absolute atomic E-state index is 14.6. The standard InChI is InChI=1S/C32H33Cl2FN4O2Si/c1-30(2,3)22-11-9-21(10-12-22)26(20-7-5-4-6-8-20)42-41-19-32-15-13-31(14-16-32,18-40-32)39-28-23-17-36-27(33)24(35)25(23)37-29(34)38-28/h4-12,17,26H,13-16,18-19H2,1-3H3,(H,37,38,39). The quantitative estimate of drug-likeness (QED) is 0.123. The zero-order valence-corrected chi connectivity index (χ0v) is 26.4. The third kappa shape index (κ3) is 5.92. The van der Waals surface area contributed by atoms with Gasteiger partial charge in [0, 0.05) is 11.7 Å². The van der Waals surface area contributed by atoms with Gasteiger partial charge < -0.3 is 14.5 Å². The SMILES string of the molecule is CC(C)(C)c1ccc(C([Si]OCC23CCC(Nc4nc(Cl)nc5c(F)c(Cl)ncc45)(CC2)CO3)c2ccccc2)cc1. The minimum Gasteiger partial charge on any atom is -0.414 e. The van der Waals surface area contributed by atoms with E-state index in [2.05, 4.69) is 89.6 Å². The number of ether oxygens (including phenoxy) is 1. The van der Waals surface area contributed by atoms with E-state index in [-0.39, 0.29) is 47.8 Å². The van der Waals surface area contributed by atoms with Crippen LogP contribution in [0.25, 0.3) is 10.9 Å². The number of halogens is 3. The van der Waals surface area contributed by atoms with Crippen molar-refractivity contribution in [2.24, 2.45) is 0 Å². The largest absolute Gasteiger partial charge is 0.414 e. The summed E-state index contributed by atoms with van der Waals surface area (Å²) in [5.41, 5.74) is 3.47. The second-order valence-corrected chi connectivity index (χ2v) is 14.3. The van der Waals surface area contributed by atoms with Gasteiger partial charge >= 0.3 is 0 Å². The molecule has 4 aromatic rings. The fraction of sp³-hybridized carbons (Fsp3) is 0.406. The van der Waals surface area contributed by atoms with Crippen LogP contribution >= 0.6 is 23.2 Å². The minimum atomic E-state index is -0.710. The molecule has 4 heterocycles. The number of benzene rings is 2. The van der Waals surface area contributed by atoms with Gasteiger partial charge in [0.1, 0.15) is 11.3 Å². The van der Waals surface area contributed by atoms with Crippen molar-refractivity contribution in [2.45, 2.75) is 68.6 Å². The first-order chi connectivity index (χ1) is 20.1. The lowest BCUT2D eigenvalue weighted by Crippen LogP contribution is -2.60. The molecule has 1 unspecified atom stereocenters. The summed E-state index contributed by atoms with van der Waals surface area (Å²) in [6.07, 6.45) is 4.89. The van der Waals surface area contributed by atoms with Crippen LogP contribution in [0.4, 0.5) is 10.2 Å². The fourth-order valence-electron chi connectivity index (χ4n) is 5.87. The smallest absolute Gasteiger partial charge is 0.242 e. The van der Waals surface area contributed by atoms with E-state index in [9.17, 15) is 4.39 Å². The van der Waals surface area contributed by atoms with Crippen molar-refractivity contribution < 1.29 is 13.6 Å². The topological polar surface area (TPSA) is 69.2 Å². The number of hydrogen-bond acceptors (Lipinski definition) is 6. The molecule has 2 bridgehead atoms. The number of pyridine rings is 1. The van der Waals surface area contributed by atoms with Crippen LogP contribution < -0.4 is 5.32 Å². The number of rotatable bonds is 8. The van der Waals surface area contributed by atoms with Crippen LogP contribution in [0.3, 0.4) is 0 Å². The third-order valence-electron chi connectivity index (χ3n) is 8.55. The molecule has 10 heteroatoms. The monoisotopic (exact) mass is 622 g/mol. The number of hydrogen-bond donors (Lipinski definition) is 1. The molecular weight excluding hydrogens is 590 g/mol. The maximum atomic E-state index is 14.6. The maximum Gasteiger partial charge on any atom is 0.242 e. The lowest BCUT2D eigenvalue weighted by molar-refractivity contribution is -0.163. The number of fused-ring (bicyclic) bond motifs is 4. The minimum absolute atomic E-state index is 0.0474. The molecule has 0 amide bonds. The lowest BCUT2D eigenvalue weighted by atomic mass is 9.71. The van der Waals surface area contributed by atoms with Crippen molar-refractivity contribution in [1.29, 1.82) is 0 Å². The van der Waals surface area contributed by atoms with Gasteiger partial charge in [0.15, 0.2) is 11.0 Å². The molecular formula is C32H33Cl2FN4O2Si. The van der Waals surface area contributed by atoms with Crippen LogP contribution in [0.5, 0.6) is 0 Å². The Labute approximate surface area is 258 Å². The summed E-state index contributed by atoms with van der Waals surface area (Å²) in [6.45, 7) is 7.73. The third-order valence-corrected chi connectivity index (χ3v) is 10.2. The average Bonchev–Trinajstić information content (AvgIpc) is 2.98. The van der Waals surface area contributed by atoms with Crippen LogP contribution in [0.2, 0.25) is 10.4 Å². The predicted molar refractivity (Wildman–Crippen MR) is 166 cm³/mol. The van der Waals surface area contributed by atoms with Crippen LogP contribution in [-0.2, 0) is 14.6 Å². The molecule has 1 N–H and O–H groups in total. The van der Waals surface area contributed by atoms with Crippen molar-refractivity contribution in [3.05, 3.63) is 93.7 Å². The summed E-state index contributed by atoms with van der Waals surface area (Å²) in [5.74, 6) is -0.273. The zero-order valence-electron chi connectivity index (χ0n) is 23.9. The van der Waals surface area contributed by atoms with Gasteiger partial charge in [0.2, 0.25) is 15.0 Å². The summed E-state index contributed by atoms with van der Waals surface area (Å²) >= 11 is 12.0. The highest BCUT2D eigenvalue weighted by Gasteiger charge is 2.50. The molecule has 3 aliphatic rings. The van der Waals surface area contributed by atoms with Gasteiger partial charge in [0.25, 0.3) is 0 Å². The Morgan fingerprint density at radius 2 is 1.69 bits per heavy atom. The van der Waals surface area contributed by atoms with E-state index in [0.29, 0.717) is 24.4 Å². The van der Waals surface area contributed by atoms with Crippen molar-refractivity contribution in [3.63, 3.8) is 0 Å². The first kappa shape index (κ1) is 29.4. The zero-order chi connectivity index (χ0) is 29.5. The van der Waals surface area contributed by atoms with E-state index >= 15 is 0 Å². The molecule has 2 radical (unpaired) electrons. The Morgan fingerprint density at radius 1 is 1.00 bits per heavy atom. The molecule has 0 spiro atoms. The average molecular weight is 624 g/mol. The second kappa shape index (κ2) is 11.5. The van der Waals surface area contributed by atoms with Crippen LogP contribution in [-0.4, -0.2) is 49.1 Å². The van der Waals surface area contributed by atoms with Crippen LogP contribution in [0, 0.1) is 5.82 Å². The van der Waals surface area contributed by atoms with Gasteiger partial charge in [-0.1, -0.05) is 87.0 Å². The fourth-order valence-corrected chi connectivity index (χ4v) is 7.35. The van der Waals surface area contributed by atoms with E-state index in [1.807, 2.05) is 6.07 Å². The molecule has 2 aromatic carbocycles. The Bertz CT molecular complexity index is 1560. The summed E-state index contributed by atoms with van der Waals surface area (Å²) in [6, 6.07) is 19.5. The van der Waals surface area contributed by atoms with Gasteiger partial charge in [-0.25, -0.2) is 19.3 Å². The molecule has 2 aromatic heterocycles. The number of nitrogens with one attached hydrogen (secondary N) is 1. The first-order valence-electron chi connectivity index (χ1n) is 14.2. The van der Waals surface area contributed by atoms with Gasteiger partial charge in [0.05, 0.1) is 29.7 Å². The number of nitrogens with zero attached hydrogens (tertiary/aromatic N) is 3. The highest BCUT2D eigenvalue weighted by atomic mass is 35.5. The molecule has 1 aliphatic carbocycles. The second-order valence-electron chi connectivity index (χ2n) is 12.5. The van der Waals surface area contributed by atoms with Crippen molar-refractivity contribution in [3.8, 4) is 0 Å². The Morgan fingerprint density at radius 3 is 2.33 bits per heavy atom. The molecule has 2 aliphatic heterocycles. The summed E-state index contributed by atoms with van der Waals surface area (Å²) < 4.78 is 27.6. The molecule has 218 valence electrons. The number of aromatic nitrogens is 3. The summed E-state index contributed by atoms with van der Waals surface area (Å²) in [4.78, 5) is 12.3. The van der Waals surface area contributed by atoms with E-state index in [1.165, 1.54) is 22.9 Å². The van der Waals surface area contributed by atoms with Crippen molar-refractivity contribution in [2.75, 3.05) is 18.5 Å². The Balaban J connectivity index is 1.13. The molecule has 1 saturated carbocycles. The number of anilines is 1. The molecule has 2 saturated heterocycles. The van der Waals surface area contributed by atoms with E-state index in [1.54, 1.807) is 0 Å². The van der Waals surface area contributed by atoms with Gasteiger partial charge in [-0.3, -0.25) is 0 Å². The molecule has 3 fully saturated rings. The van der Waals surface area contributed by atoms with E-state index in [4.69, 9.17) is 32.4 Å². The molecule has 42 heavy (non-hydrogen) atoms. The van der Waals surface area contributed by atoms with Crippen LogP contribution in [0.15, 0.2) is 60.8 Å². The Hall–Kier alpha value is -2.62. The van der Waals surface area contributed by atoms with Gasteiger partial charge in [-0.15, -0.1) is 0 Å². The van der Waals surface area contributed by atoms with Crippen molar-refractivity contribution in [1.82, 2.24) is 15.0 Å². The normalized spacial score (nSPS) is 22.8. The van der Waals surface area contributed by atoms with E-state index < -0.39 is 5.82 Å². The molecule has 7 rings (SSSR count). The highest BCUT2D eigenvalue weighted by molar-refractivity contribution is 6.31. The first-order valence-corrected chi connectivity index (χ1v) is 15.9. The van der Waals surface area contributed by atoms with Crippen molar-refractivity contribution >= 4 is 49.7 Å². The molecule has 6 nitrogen and oxygen atoms in total. The van der Waals surface area contributed by atoms with Gasteiger partial charge in [-0.05, 0) is 59.4 Å². The van der Waals surface area contributed by atoms with Crippen LogP contribution in [0.1, 0.15) is 68.7 Å². The highest BCUT2D eigenvalue weighted by Crippen LogP contribution is 2.46. The predicted octanol–water partition coefficient (Wildman–Crippen LogP) is 7.69. The Kier molecular flexibility index (Phi) is 8.04.